The normalized spacial score (nSPS) is 18.7. The molecule has 0 aromatic carbocycles. The minimum Gasteiger partial charge on any atom is -0.467 e. The highest BCUT2D eigenvalue weighted by molar-refractivity contribution is 5.27. The van der Waals surface area contributed by atoms with E-state index < -0.39 is 0 Å². The van der Waals surface area contributed by atoms with Crippen LogP contribution < -0.4 is 20.1 Å². The van der Waals surface area contributed by atoms with Crippen LogP contribution in [0.25, 0.3) is 0 Å². The predicted octanol–water partition coefficient (Wildman–Crippen LogP) is 0.443. The Hall–Kier alpha value is -1.63. The van der Waals surface area contributed by atoms with Crippen molar-refractivity contribution in [3.63, 3.8) is 0 Å². The lowest BCUT2D eigenvalue weighted by atomic mass is 10.1. The van der Waals surface area contributed by atoms with E-state index in [-0.39, 0.29) is 12.0 Å². The minimum absolute atomic E-state index is 0.253. The molecule has 1 fully saturated rings. The third kappa shape index (κ3) is 3.43. The van der Waals surface area contributed by atoms with Gasteiger partial charge in [0.15, 0.2) is 0 Å². The monoisotopic (exact) mass is 253 g/mol. The Morgan fingerprint density at radius 1 is 1.22 bits per heavy atom. The van der Waals surface area contributed by atoms with Crippen LogP contribution in [0.5, 0.6) is 12.0 Å². The van der Waals surface area contributed by atoms with Crippen molar-refractivity contribution >= 4 is 5.95 Å². The van der Waals surface area contributed by atoms with Crippen LogP contribution in [0.2, 0.25) is 0 Å². The Labute approximate surface area is 106 Å². The number of ether oxygens (including phenoxy) is 2. The maximum atomic E-state index is 4.98. The smallest absolute Gasteiger partial charge is 0.324 e. The van der Waals surface area contributed by atoms with Gasteiger partial charge in [0.05, 0.1) is 14.2 Å². The molecule has 0 bridgehead atoms. The van der Waals surface area contributed by atoms with Gasteiger partial charge in [-0.1, -0.05) is 0 Å². The number of rotatable bonds is 6. The molecule has 100 valence electrons. The maximum Gasteiger partial charge on any atom is 0.324 e. The molecule has 7 nitrogen and oxygen atoms in total. The Bertz CT molecular complexity index is 359. The van der Waals surface area contributed by atoms with Crippen LogP contribution >= 0.6 is 0 Å². The van der Waals surface area contributed by atoms with E-state index in [4.69, 9.17) is 9.47 Å². The first-order chi connectivity index (χ1) is 8.81. The number of methoxy groups -OCH3 is 2. The third-order valence-electron chi connectivity index (χ3n) is 2.90. The van der Waals surface area contributed by atoms with Gasteiger partial charge in [-0.3, -0.25) is 0 Å². The van der Waals surface area contributed by atoms with Gasteiger partial charge in [0.1, 0.15) is 0 Å². The summed E-state index contributed by atoms with van der Waals surface area (Å²) in [5.74, 6) is 0.483. The van der Waals surface area contributed by atoms with Crippen LogP contribution in [0.4, 0.5) is 5.95 Å². The summed E-state index contributed by atoms with van der Waals surface area (Å²) >= 11 is 0. The van der Waals surface area contributed by atoms with Crippen LogP contribution in [0.3, 0.4) is 0 Å². The molecule has 2 N–H and O–H groups in total. The summed E-state index contributed by atoms with van der Waals surface area (Å²) in [6, 6.07) is 1.11. The Kier molecular flexibility index (Phi) is 4.52. The van der Waals surface area contributed by atoms with Gasteiger partial charge in [-0.05, 0) is 25.8 Å². The van der Waals surface area contributed by atoms with Crippen molar-refractivity contribution in [2.45, 2.75) is 25.3 Å². The molecular formula is C11H19N5O2. The summed E-state index contributed by atoms with van der Waals surface area (Å²) in [7, 11) is 3.03. The quantitative estimate of drug-likeness (QED) is 0.761. The van der Waals surface area contributed by atoms with E-state index in [1.165, 1.54) is 27.1 Å². The molecule has 1 atom stereocenters. The van der Waals surface area contributed by atoms with Gasteiger partial charge in [0.25, 0.3) is 0 Å². The van der Waals surface area contributed by atoms with Crippen molar-refractivity contribution in [2.24, 2.45) is 0 Å². The van der Waals surface area contributed by atoms with E-state index in [1.54, 1.807) is 0 Å². The van der Waals surface area contributed by atoms with Crippen LogP contribution in [-0.2, 0) is 0 Å². The zero-order valence-corrected chi connectivity index (χ0v) is 10.8. The third-order valence-corrected chi connectivity index (χ3v) is 2.90. The van der Waals surface area contributed by atoms with Gasteiger partial charge < -0.3 is 20.1 Å². The molecule has 1 aliphatic rings. The lowest BCUT2D eigenvalue weighted by molar-refractivity contribution is 0.341. The number of hydrogen-bond donors (Lipinski definition) is 2. The van der Waals surface area contributed by atoms with E-state index in [1.807, 2.05) is 0 Å². The van der Waals surface area contributed by atoms with Crippen molar-refractivity contribution in [2.75, 3.05) is 32.6 Å². The van der Waals surface area contributed by atoms with Gasteiger partial charge in [0, 0.05) is 12.6 Å². The highest BCUT2D eigenvalue weighted by Crippen LogP contribution is 2.13. The molecule has 1 aliphatic heterocycles. The first kappa shape index (κ1) is 12.8. The van der Waals surface area contributed by atoms with Crippen molar-refractivity contribution in [3.05, 3.63) is 0 Å². The average molecular weight is 253 g/mol. The Balaban J connectivity index is 1.87. The molecule has 2 rings (SSSR count). The first-order valence-electron chi connectivity index (χ1n) is 6.13. The highest BCUT2D eigenvalue weighted by atomic mass is 16.5. The van der Waals surface area contributed by atoms with Gasteiger partial charge in [-0.2, -0.15) is 9.97 Å². The number of nitrogens with zero attached hydrogens (tertiary/aromatic N) is 3. The summed E-state index contributed by atoms with van der Waals surface area (Å²) in [6.45, 7) is 1.94. The number of aromatic nitrogens is 3. The van der Waals surface area contributed by atoms with Crippen molar-refractivity contribution < 1.29 is 9.47 Å². The Morgan fingerprint density at radius 2 is 1.94 bits per heavy atom. The predicted molar refractivity (Wildman–Crippen MR) is 67.1 cm³/mol. The van der Waals surface area contributed by atoms with Crippen LogP contribution in [0.1, 0.15) is 19.3 Å². The molecule has 7 heteroatoms. The van der Waals surface area contributed by atoms with Crippen LogP contribution in [0, 0.1) is 0 Å². The SMILES string of the molecule is COc1nc(NCCC2CCCN2)nc(OC)n1. The van der Waals surface area contributed by atoms with Crippen LogP contribution in [0.15, 0.2) is 0 Å². The first-order valence-corrected chi connectivity index (χ1v) is 6.13. The zero-order chi connectivity index (χ0) is 12.8. The van der Waals surface area contributed by atoms with Gasteiger partial charge in [-0.25, -0.2) is 0 Å². The molecule has 1 unspecified atom stereocenters. The molecule has 18 heavy (non-hydrogen) atoms. The minimum atomic E-state index is 0.253. The van der Waals surface area contributed by atoms with Gasteiger partial charge in [-0.15, -0.1) is 4.98 Å². The number of hydrogen-bond acceptors (Lipinski definition) is 7. The average Bonchev–Trinajstić information content (AvgIpc) is 2.91. The molecule has 0 radical (unpaired) electrons. The zero-order valence-electron chi connectivity index (χ0n) is 10.8. The fourth-order valence-electron chi connectivity index (χ4n) is 1.96. The summed E-state index contributed by atoms with van der Waals surface area (Å²) in [6.07, 6.45) is 3.56. The second-order valence-electron chi connectivity index (χ2n) is 4.14. The highest BCUT2D eigenvalue weighted by Gasteiger charge is 2.13. The molecule has 0 amide bonds. The van der Waals surface area contributed by atoms with Gasteiger partial charge in [0.2, 0.25) is 5.95 Å². The van der Waals surface area contributed by atoms with E-state index in [9.17, 15) is 0 Å². The maximum absolute atomic E-state index is 4.98. The number of anilines is 1. The largest absolute Gasteiger partial charge is 0.467 e. The molecule has 0 aliphatic carbocycles. The molecular weight excluding hydrogens is 234 g/mol. The summed E-state index contributed by atoms with van der Waals surface area (Å²) in [5.41, 5.74) is 0. The standard InChI is InChI=1S/C11H19N5O2/c1-17-10-14-9(15-11(16-10)18-2)13-7-5-8-4-3-6-12-8/h8,12H,3-7H2,1-2H3,(H,13,14,15,16). The van der Waals surface area contributed by atoms with E-state index in [2.05, 4.69) is 25.6 Å². The molecule has 1 aromatic heterocycles. The van der Waals surface area contributed by atoms with Crippen molar-refractivity contribution in [1.29, 1.82) is 0 Å². The number of nitrogens with one attached hydrogen (secondary N) is 2. The Morgan fingerprint density at radius 3 is 2.50 bits per heavy atom. The fraction of sp³-hybridized carbons (Fsp3) is 0.727. The van der Waals surface area contributed by atoms with E-state index >= 15 is 0 Å². The molecule has 2 heterocycles. The molecule has 1 aromatic rings. The van der Waals surface area contributed by atoms with Crippen molar-refractivity contribution in [3.8, 4) is 12.0 Å². The van der Waals surface area contributed by atoms with Gasteiger partial charge >= 0.3 is 12.0 Å². The second kappa shape index (κ2) is 6.34. The molecule has 0 saturated carbocycles. The van der Waals surface area contributed by atoms with Crippen LogP contribution in [-0.4, -0.2) is 48.3 Å². The summed E-state index contributed by atoms with van der Waals surface area (Å²) in [5, 5.41) is 6.60. The molecule has 0 spiro atoms. The van der Waals surface area contributed by atoms with E-state index in [0.717, 1.165) is 19.5 Å². The molecule has 1 saturated heterocycles. The topological polar surface area (TPSA) is 81.2 Å². The fourth-order valence-corrected chi connectivity index (χ4v) is 1.96. The summed E-state index contributed by atoms with van der Waals surface area (Å²) < 4.78 is 9.97. The van der Waals surface area contributed by atoms with E-state index in [0.29, 0.717) is 12.0 Å². The second-order valence-corrected chi connectivity index (χ2v) is 4.14. The van der Waals surface area contributed by atoms with Crippen molar-refractivity contribution in [1.82, 2.24) is 20.3 Å². The lowest BCUT2D eigenvalue weighted by Crippen LogP contribution is -2.24. The lowest BCUT2D eigenvalue weighted by Gasteiger charge is -2.11. The summed E-state index contributed by atoms with van der Waals surface area (Å²) in [4.78, 5) is 12.2.